The number of carbonyl (C=O) groups excluding carboxylic acids is 1. The van der Waals surface area contributed by atoms with Gasteiger partial charge in [-0.25, -0.2) is 4.79 Å². The Morgan fingerprint density at radius 2 is 2.38 bits per heavy atom. The van der Waals surface area contributed by atoms with Crippen molar-refractivity contribution in [1.82, 2.24) is 10.6 Å². The molecule has 1 heterocycles. The molecule has 0 radical (unpaired) electrons. The molecule has 0 saturated carbocycles. The fourth-order valence-electron chi connectivity index (χ4n) is 1.11. The van der Waals surface area contributed by atoms with Crippen molar-refractivity contribution in [3.63, 3.8) is 0 Å². The first-order chi connectivity index (χ1) is 7.77. The molecule has 0 aliphatic heterocycles. The maximum atomic E-state index is 11.2. The van der Waals surface area contributed by atoms with E-state index in [9.17, 15) is 4.79 Å². The van der Waals surface area contributed by atoms with Gasteiger partial charge < -0.3 is 15.7 Å². The second-order valence-electron chi connectivity index (χ2n) is 2.93. The second-order valence-corrected chi connectivity index (χ2v) is 3.93. The Kier molecular flexibility index (Phi) is 5.40. The van der Waals surface area contributed by atoms with Crippen molar-refractivity contribution in [3.05, 3.63) is 21.9 Å². The van der Waals surface area contributed by atoms with Crippen molar-refractivity contribution in [2.24, 2.45) is 0 Å². The van der Waals surface area contributed by atoms with Gasteiger partial charge in [-0.2, -0.15) is 0 Å². The van der Waals surface area contributed by atoms with Crippen LogP contribution in [-0.2, 0) is 6.54 Å². The van der Waals surface area contributed by atoms with Crippen LogP contribution in [0.2, 0.25) is 0 Å². The molecule has 0 aromatic carbocycles. The maximum absolute atomic E-state index is 11.2. The molecular weight excluding hydrogens is 224 g/mol. The highest BCUT2D eigenvalue weighted by Gasteiger charge is 2.03. The van der Waals surface area contributed by atoms with Crippen LogP contribution in [0.5, 0.6) is 0 Å². The number of amides is 2. The fraction of sp³-hybridized carbons (Fsp3) is 0.364. The molecule has 0 bridgehead atoms. The van der Waals surface area contributed by atoms with E-state index in [0.29, 0.717) is 13.1 Å². The molecule has 0 unspecified atom stereocenters. The van der Waals surface area contributed by atoms with Gasteiger partial charge in [0, 0.05) is 17.0 Å². The standard InChI is InChI=1S/C11H14N2O2S/c1-2-12-11(15)13-8-10-9(4-3-6-14)5-7-16-10/h5,7,14H,2,6,8H2,1H3,(H2,12,13,15). The molecule has 86 valence electrons. The summed E-state index contributed by atoms with van der Waals surface area (Å²) in [6, 6.07) is 1.69. The third kappa shape index (κ3) is 3.93. The van der Waals surface area contributed by atoms with E-state index in [1.807, 2.05) is 18.4 Å². The molecule has 0 aliphatic rings. The molecule has 0 saturated heterocycles. The molecule has 1 rings (SSSR count). The van der Waals surface area contributed by atoms with Gasteiger partial charge in [-0.05, 0) is 18.4 Å². The van der Waals surface area contributed by atoms with Crippen LogP contribution in [0.1, 0.15) is 17.4 Å². The van der Waals surface area contributed by atoms with Crippen molar-refractivity contribution >= 4 is 17.4 Å². The van der Waals surface area contributed by atoms with Gasteiger partial charge in [0.2, 0.25) is 0 Å². The van der Waals surface area contributed by atoms with Gasteiger partial charge in [0.15, 0.2) is 0 Å². The van der Waals surface area contributed by atoms with Crippen LogP contribution >= 0.6 is 11.3 Å². The van der Waals surface area contributed by atoms with Crippen molar-refractivity contribution < 1.29 is 9.90 Å². The largest absolute Gasteiger partial charge is 0.384 e. The predicted octanol–water partition coefficient (Wildman–Crippen LogP) is 0.911. The van der Waals surface area contributed by atoms with E-state index < -0.39 is 0 Å². The summed E-state index contributed by atoms with van der Waals surface area (Å²) in [4.78, 5) is 12.2. The molecule has 1 aromatic rings. The zero-order valence-electron chi connectivity index (χ0n) is 9.04. The van der Waals surface area contributed by atoms with Gasteiger partial charge >= 0.3 is 6.03 Å². The average Bonchev–Trinajstić information content (AvgIpc) is 2.71. The molecule has 0 atom stereocenters. The Hall–Kier alpha value is -1.51. The quantitative estimate of drug-likeness (QED) is 0.685. The Balaban J connectivity index is 2.54. The predicted molar refractivity (Wildman–Crippen MR) is 64.2 cm³/mol. The molecule has 16 heavy (non-hydrogen) atoms. The zero-order chi connectivity index (χ0) is 11.8. The third-order valence-corrected chi connectivity index (χ3v) is 2.72. The van der Waals surface area contributed by atoms with E-state index in [0.717, 1.165) is 10.4 Å². The molecule has 5 heteroatoms. The van der Waals surface area contributed by atoms with Gasteiger partial charge in [0.05, 0.1) is 6.54 Å². The monoisotopic (exact) mass is 238 g/mol. The minimum absolute atomic E-state index is 0.154. The second kappa shape index (κ2) is 6.88. The molecule has 3 N–H and O–H groups in total. The summed E-state index contributed by atoms with van der Waals surface area (Å²) in [5, 5.41) is 15.9. The lowest BCUT2D eigenvalue weighted by Crippen LogP contribution is -2.34. The van der Waals surface area contributed by atoms with E-state index in [-0.39, 0.29) is 12.6 Å². The third-order valence-electron chi connectivity index (χ3n) is 1.79. The van der Waals surface area contributed by atoms with Crippen LogP contribution in [0.4, 0.5) is 4.79 Å². The van der Waals surface area contributed by atoms with Crippen LogP contribution in [0, 0.1) is 11.8 Å². The zero-order valence-corrected chi connectivity index (χ0v) is 9.86. The summed E-state index contributed by atoms with van der Waals surface area (Å²) < 4.78 is 0. The van der Waals surface area contributed by atoms with Crippen LogP contribution in [-0.4, -0.2) is 24.3 Å². The molecule has 1 aromatic heterocycles. The minimum atomic E-state index is -0.183. The van der Waals surface area contributed by atoms with E-state index >= 15 is 0 Å². The molecule has 2 amide bonds. The summed E-state index contributed by atoms with van der Waals surface area (Å²) in [5.41, 5.74) is 0.857. The van der Waals surface area contributed by atoms with Gasteiger partial charge in [0.25, 0.3) is 0 Å². The lowest BCUT2D eigenvalue weighted by molar-refractivity contribution is 0.241. The first-order valence-corrected chi connectivity index (χ1v) is 5.83. The summed E-state index contributed by atoms with van der Waals surface area (Å²) in [6.07, 6.45) is 0. The Labute approximate surface area is 98.7 Å². The number of rotatable bonds is 3. The minimum Gasteiger partial charge on any atom is -0.384 e. The van der Waals surface area contributed by atoms with Crippen LogP contribution in [0.3, 0.4) is 0 Å². The number of carbonyl (C=O) groups is 1. The summed E-state index contributed by atoms with van der Waals surface area (Å²) in [6.45, 7) is 2.77. The smallest absolute Gasteiger partial charge is 0.315 e. The number of urea groups is 1. The highest BCUT2D eigenvalue weighted by molar-refractivity contribution is 7.10. The lowest BCUT2D eigenvalue weighted by Gasteiger charge is -2.04. The highest BCUT2D eigenvalue weighted by Crippen LogP contribution is 2.15. The van der Waals surface area contributed by atoms with E-state index in [1.165, 1.54) is 11.3 Å². The van der Waals surface area contributed by atoms with Gasteiger partial charge in [0.1, 0.15) is 6.61 Å². The molecule has 0 spiro atoms. The van der Waals surface area contributed by atoms with Crippen LogP contribution in [0.25, 0.3) is 0 Å². The number of hydrogen-bond acceptors (Lipinski definition) is 3. The van der Waals surface area contributed by atoms with Gasteiger partial charge in [-0.1, -0.05) is 11.8 Å². The maximum Gasteiger partial charge on any atom is 0.315 e. The van der Waals surface area contributed by atoms with Crippen molar-refractivity contribution in [3.8, 4) is 11.8 Å². The summed E-state index contributed by atoms with van der Waals surface area (Å²) in [7, 11) is 0. The van der Waals surface area contributed by atoms with Gasteiger partial charge in [-0.15, -0.1) is 11.3 Å². The molecule has 4 nitrogen and oxygen atoms in total. The summed E-state index contributed by atoms with van der Waals surface area (Å²) in [5.74, 6) is 5.43. The fourth-order valence-corrected chi connectivity index (χ4v) is 1.88. The van der Waals surface area contributed by atoms with Gasteiger partial charge in [-0.3, -0.25) is 0 Å². The number of hydrogen-bond donors (Lipinski definition) is 3. The molecule has 0 fully saturated rings. The van der Waals surface area contributed by atoms with Crippen LogP contribution < -0.4 is 10.6 Å². The average molecular weight is 238 g/mol. The Morgan fingerprint density at radius 3 is 3.06 bits per heavy atom. The number of aliphatic hydroxyl groups is 1. The SMILES string of the molecule is CCNC(=O)NCc1sccc1C#CCO. The Morgan fingerprint density at radius 1 is 1.56 bits per heavy atom. The Bertz CT molecular complexity index is 404. The number of thiophene rings is 1. The van der Waals surface area contributed by atoms with Crippen molar-refractivity contribution in [2.75, 3.05) is 13.2 Å². The first kappa shape index (κ1) is 12.6. The number of nitrogens with one attached hydrogen (secondary N) is 2. The van der Waals surface area contributed by atoms with E-state index in [1.54, 1.807) is 0 Å². The first-order valence-electron chi connectivity index (χ1n) is 4.95. The normalized spacial score (nSPS) is 9.12. The van der Waals surface area contributed by atoms with Crippen molar-refractivity contribution in [1.29, 1.82) is 0 Å². The molecule has 0 aliphatic carbocycles. The summed E-state index contributed by atoms with van der Waals surface area (Å²) >= 11 is 1.53. The lowest BCUT2D eigenvalue weighted by atomic mass is 10.2. The molecular formula is C11H14N2O2S. The topological polar surface area (TPSA) is 61.4 Å². The number of aliphatic hydroxyl groups excluding tert-OH is 1. The van der Waals surface area contributed by atoms with E-state index in [2.05, 4.69) is 22.5 Å². The van der Waals surface area contributed by atoms with Crippen molar-refractivity contribution in [2.45, 2.75) is 13.5 Å². The van der Waals surface area contributed by atoms with E-state index in [4.69, 9.17) is 5.11 Å². The van der Waals surface area contributed by atoms with Crippen LogP contribution in [0.15, 0.2) is 11.4 Å². The highest BCUT2D eigenvalue weighted by atomic mass is 32.1.